The largest absolute Gasteiger partial charge is 0.490 e. The van der Waals surface area contributed by atoms with Gasteiger partial charge in [0.15, 0.2) is 5.65 Å². The molecule has 1 atom stereocenters. The smallest absolute Gasteiger partial charge is 0.252 e. The number of ether oxygens (including phenoxy) is 3. The number of likely N-dealkylation sites (tertiary alicyclic amines) is 1. The molecule has 1 saturated carbocycles. The highest BCUT2D eigenvalue weighted by atomic mass is 35.5. The maximum Gasteiger partial charge on any atom is 0.252 e. The molecule has 17 nitrogen and oxygen atoms in total. The van der Waals surface area contributed by atoms with E-state index in [0.717, 1.165) is 157 Å². The molecule has 4 fully saturated rings. The van der Waals surface area contributed by atoms with E-state index >= 15 is 0 Å². The maximum absolute atomic E-state index is 12.5. The molecule has 5 aromatic rings. The summed E-state index contributed by atoms with van der Waals surface area (Å²) in [4.78, 5) is 39.0. The predicted octanol–water partition coefficient (Wildman–Crippen LogP) is 7.58. The summed E-state index contributed by atoms with van der Waals surface area (Å²) in [5, 5.41) is 27.6. The van der Waals surface area contributed by atoms with Gasteiger partial charge < -0.3 is 45.1 Å². The Morgan fingerprint density at radius 3 is 2.46 bits per heavy atom. The Morgan fingerprint density at radius 1 is 0.915 bits per heavy atom. The molecule has 1 aromatic carbocycles. The first kappa shape index (κ1) is 50.2. The molecule has 0 bridgehead atoms. The van der Waals surface area contributed by atoms with E-state index in [-0.39, 0.29) is 24.7 Å². The van der Waals surface area contributed by atoms with E-state index in [0.29, 0.717) is 65.3 Å². The number of aryl methyl sites for hydroxylation is 1. The molecule has 18 heteroatoms. The second kappa shape index (κ2) is 24.1. The fourth-order valence-corrected chi connectivity index (χ4v) is 11.1. The number of aliphatic hydroxyl groups is 1. The molecule has 3 saturated heterocycles. The number of nitrogens with one attached hydrogen (secondary N) is 1. The number of hydrogen-bond donors (Lipinski definition) is 3. The van der Waals surface area contributed by atoms with Crippen LogP contribution in [-0.2, 0) is 17.7 Å². The molecule has 71 heavy (non-hydrogen) atoms. The lowest BCUT2D eigenvalue weighted by molar-refractivity contribution is 0.0466. The zero-order valence-corrected chi connectivity index (χ0v) is 41.8. The van der Waals surface area contributed by atoms with Crippen molar-refractivity contribution in [2.75, 3.05) is 80.8 Å². The summed E-state index contributed by atoms with van der Waals surface area (Å²) in [6.07, 6.45) is 18.0. The lowest BCUT2D eigenvalue weighted by atomic mass is 9.83. The van der Waals surface area contributed by atoms with E-state index in [1.807, 2.05) is 29.0 Å². The number of pyridine rings is 1. The number of piperidine rings is 3. The Bertz CT molecular complexity index is 2580. The Hall–Kier alpha value is -5.80. The third-order valence-electron chi connectivity index (χ3n) is 15.0. The number of anilines is 3. The number of primary amides is 1. The van der Waals surface area contributed by atoms with Crippen molar-refractivity contribution in [1.29, 1.82) is 5.26 Å². The summed E-state index contributed by atoms with van der Waals surface area (Å²) >= 11 is 6.23. The van der Waals surface area contributed by atoms with E-state index in [1.54, 1.807) is 24.4 Å². The molecule has 4 N–H and O–H groups in total. The van der Waals surface area contributed by atoms with Crippen molar-refractivity contribution in [3.63, 3.8) is 0 Å². The van der Waals surface area contributed by atoms with Crippen LogP contribution in [0.25, 0.3) is 5.65 Å². The number of aromatic nitrogens is 6. The fourth-order valence-electron chi connectivity index (χ4n) is 10.9. The van der Waals surface area contributed by atoms with Crippen LogP contribution in [0.5, 0.6) is 11.6 Å². The average molecular weight is 990 g/mol. The number of carbonyl (C=O) groups excluding carboxylic acids is 1. The quantitative estimate of drug-likeness (QED) is 0.0643. The molecule has 0 unspecified atom stereocenters. The van der Waals surface area contributed by atoms with Gasteiger partial charge in [-0.2, -0.15) is 14.9 Å². The fraction of sp³-hybridized carbons (Fsp3) is 0.566. The minimum Gasteiger partial charge on any atom is -0.490 e. The van der Waals surface area contributed by atoms with Crippen molar-refractivity contribution in [3.05, 3.63) is 88.0 Å². The lowest BCUT2D eigenvalue weighted by Crippen LogP contribution is -2.42. The van der Waals surface area contributed by atoms with Crippen molar-refractivity contribution < 1.29 is 24.1 Å². The number of halogens is 1. The number of nitrogens with zero attached hydrogens (tertiary/aromatic N) is 10. The van der Waals surface area contributed by atoms with Crippen molar-refractivity contribution in [2.45, 2.75) is 115 Å². The van der Waals surface area contributed by atoms with Crippen LogP contribution in [-0.4, -0.2) is 123 Å². The zero-order valence-electron chi connectivity index (χ0n) is 41.1. The second-order valence-electron chi connectivity index (χ2n) is 19.7. The van der Waals surface area contributed by atoms with Crippen molar-refractivity contribution >= 4 is 40.7 Å². The lowest BCUT2D eigenvalue weighted by Gasteiger charge is -2.38. The van der Waals surface area contributed by atoms with Gasteiger partial charge in [-0.15, -0.1) is 0 Å². The van der Waals surface area contributed by atoms with Crippen molar-refractivity contribution in [2.24, 2.45) is 17.6 Å². The summed E-state index contributed by atoms with van der Waals surface area (Å²) in [7, 11) is 0. The van der Waals surface area contributed by atoms with Crippen LogP contribution in [0.3, 0.4) is 0 Å². The summed E-state index contributed by atoms with van der Waals surface area (Å²) in [6, 6.07) is 13.6. The topological polar surface area (TPSA) is 205 Å². The van der Waals surface area contributed by atoms with Gasteiger partial charge in [0.05, 0.1) is 40.8 Å². The number of hydrogen-bond acceptors (Lipinski definition) is 15. The van der Waals surface area contributed by atoms with Gasteiger partial charge in [-0.3, -0.25) is 4.79 Å². The molecule has 7 heterocycles. The Labute approximate surface area is 422 Å². The van der Waals surface area contributed by atoms with Gasteiger partial charge in [-0.25, -0.2) is 19.9 Å². The minimum absolute atomic E-state index is 0.0129. The molecule has 3 aliphatic heterocycles. The summed E-state index contributed by atoms with van der Waals surface area (Å²) < 4.78 is 20.2. The van der Waals surface area contributed by atoms with Crippen LogP contribution in [0.1, 0.15) is 123 Å². The standard InChI is InChI=1S/C53H69ClN12O5/c1-2-39-32-60-66-47(28-48(61-52(39)66)65-19-4-3-5-42(65)18-24-67)57-30-38-6-13-49(58-31-38)70-26-25-69-35-37-14-20-63(21-15-37)34-36-16-22-64(23-17-36)53-59-33-45(51(56)68)50(62-53)40-7-10-43(11-8-40)71-44-12-9-41(29-55)46(54)27-44/h6,9,12-13,27-28,31-33,36-37,40,42-43,57,67H,2-5,7-8,10-11,14-26,30,34-35H2,1H3,(H2,56,68)/t40?,42-,43?/m0/s1. The first-order valence-corrected chi connectivity index (χ1v) is 26.3. The molecule has 1 aliphatic carbocycles. The Balaban J connectivity index is 0.663. The van der Waals surface area contributed by atoms with Crippen molar-refractivity contribution in [1.82, 2.24) is 34.4 Å². The molecular weight excluding hydrogens is 920 g/mol. The zero-order chi connectivity index (χ0) is 49.1. The molecule has 4 aliphatic rings. The van der Waals surface area contributed by atoms with Gasteiger partial charge in [-0.05, 0) is 126 Å². The number of rotatable bonds is 20. The first-order valence-electron chi connectivity index (χ1n) is 25.9. The van der Waals surface area contributed by atoms with Crippen molar-refractivity contribution in [3.8, 4) is 17.7 Å². The van der Waals surface area contributed by atoms with Gasteiger partial charge in [0, 0.05) is 94.1 Å². The normalized spacial score (nSPS) is 20.5. The third kappa shape index (κ3) is 12.6. The molecule has 0 spiro atoms. The molecular formula is C53H69ClN12O5. The van der Waals surface area contributed by atoms with Gasteiger partial charge in [-0.1, -0.05) is 24.6 Å². The monoisotopic (exact) mass is 989 g/mol. The predicted molar refractivity (Wildman–Crippen MR) is 273 cm³/mol. The van der Waals surface area contributed by atoms with Crippen LogP contribution in [0.4, 0.5) is 17.6 Å². The van der Waals surface area contributed by atoms with Crippen LogP contribution in [0.15, 0.2) is 55.0 Å². The molecule has 378 valence electrons. The van der Waals surface area contributed by atoms with E-state index in [4.69, 9.17) is 41.5 Å². The highest BCUT2D eigenvalue weighted by Crippen LogP contribution is 2.37. The number of carbonyl (C=O) groups is 1. The van der Waals surface area contributed by atoms with Crippen LogP contribution in [0.2, 0.25) is 5.02 Å². The number of nitriles is 1. The van der Waals surface area contributed by atoms with E-state index in [1.165, 1.54) is 6.42 Å². The van der Waals surface area contributed by atoms with Crippen LogP contribution in [0, 0.1) is 23.2 Å². The number of nitrogens with two attached hydrogens (primary N) is 1. The average Bonchev–Trinajstić information content (AvgIpc) is 3.83. The highest BCUT2D eigenvalue weighted by molar-refractivity contribution is 6.31. The summed E-state index contributed by atoms with van der Waals surface area (Å²) in [6.45, 7) is 10.6. The number of amides is 1. The van der Waals surface area contributed by atoms with E-state index < -0.39 is 5.91 Å². The minimum atomic E-state index is -0.498. The molecule has 0 radical (unpaired) electrons. The van der Waals surface area contributed by atoms with Gasteiger partial charge >= 0.3 is 0 Å². The molecule has 1 amide bonds. The van der Waals surface area contributed by atoms with Gasteiger partial charge in [0.1, 0.15) is 30.1 Å². The van der Waals surface area contributed by atoms with E-state index in [2.05, 4.69) is 54.1 Å². The van der Waals surface area contributed by atoms with E-state index in [9.17, 15) is 15.2 Å². The van der Waals surface area contributed by atoms with Crippen LogP contribution < -0.4 is 30.3 Å². The number of benzene rings is 1. The van der Waals surface area contributed by atoms with Gasteiger partial charge in [0.25, 0.3) is 5.91 Å². The second-order valence-corrected chi connectivity index (χ2v) is 20.2. The SMILES string of the molecule is CCc1cnn2c(NCc3ccc(OCCOCC4CCN(CC5CCN(c6ncc(C(N)=O)c(C7CCC(Oc8ccc(C#N)c(Cl)c8)CC7)n6)CC5)CC4)nc3)cc(N3CCCC[C@H]3CCO)nc12. The van der Waals surface area contributed by atoms with Gasteiger partial charge in [0.2, 0.25) is 11.8 Å². The third-order valence-corrected chi connectivity index (χ3v) is 15.3. The maximum atomic E-state index is 12.5. The highest BCUT2D eigenvalue weighted by Gasteiger charge is 2.31. The van der Waals surface area contributed by atoms with Crippen LogP contribution >= 0.6 is 11.6 Å². The number of aliphatic hydroxyl groups excluding tert-OH is 1. The summed E-state index contributed by atoms with van der Waals surface area (Å²) in [5.41, 5.74) is 10.4. The summed E-state index contributed by atoms with van der Waals surface area (Å²) in [5.74, 6) is 4.48. The first-order chi connectivity index (χ1) is 34.7. The molecule has 9 rings (SSSR count). The Morgan fingerprint density at radius 2 is 1.73 bits per heavy atom. The number of fused-ring (bicyclic) bond motifs is 1. The Kier molecular flexibility index (Phi) is 17.0. The molecule has 4 aromatic heterocycles.